The quantitative estimate of drug-likeness (QED) is 0.885. The van der Waals surface area contributed by atoms with E-state index in [0.717, 1.165) is 5.56 Å². The number of halogens is 2. The van der Waals surface area contributed by atoms with Gasteiger partial charge < -0.3 is 10.4 Å². The summed E-state index contributed by atoms with van der Waals surface area (Å²) in [6.07, 6.45) is 0. The second-order valence-corrected chi connectivity index (χ2v) is 4.82. The summed E-state index contributed by atoms with van der Waals surface area (Å²) >= 11 is 5.73. The van der Waals surface area contributed by atoms with Gasteiger partial charge in [0, 0.05) is 18.2 Å². The van der Waals surface area contributed by atoms with E-state index < -0.39 is 0 Å². The predicted octanol–water partition coefficient (Wildman–Crippen LogP) is 4.04. The molecule has 0 fully saturated rings. The fourth-order valence-electron chi connectivity index (χ4n) is 1.86. The van der Waals surface area contributed by atoms with Crippen LogP contribution in [0.3, 0.4) is 0 Å². The van der Waals surface area contributed by atoms with E-state index in [2.05, 4.69) is 5.32 Å². The molecule has 0 aliphatic heterocycles. The van der Waals surface area contributed by atoms with E-state index in [9.17, 15) is 9.50 Å². The van der Waals surface area contributed by atoms with Crippen LogP contribution in [0.5, 0.6) is 5.75 Å². The fraction of sp³-hybridized carbons (Fsp3) is 0.200. The molecule has 0 aliphatic carbocycles. The molecule has 2 N–H and O–H groups in total. The zero-order chi connectivity index (χ0) is 13.8. The Bertz CT molecular complexity index is 574. The number of benzene rings is 2. The lowest BCUT2D eigenvalue weighted by Gasteiger charge is -2.15. The van der Waals surface area contributed by atoms with E-state index in [-0.39, 0.29) is 22.6 Å². The van der Waals surface area contributed by atoms with Gasteiger partial charge >= 0.3 is 0 Å². The summed E-state index contributed by atoms with van der Waals surface area (Å²) in [5, 5.41) is 12.8. The van der Waals surface area contributed by atoms with Crippen molar-refractivity contribution in [2.75, 3.05) is 0 Å². The summed E-state index contributed by atoms with van der Waals surface area (Å²) < 4.78 is 13.7. The van der Waals surface area contributed by atoms with Crippen LogP contribution >= 0.6 is 11.6 Å². The number of rotatable bonds is 4. The molecule has 0 spiro atoms. The third-order valence-electron chi connectivity index (χ3n) is 3.00. The molecule has 0 heterocycles. The highest BCUT2D eigenvalue weighted by molar-refractivity contribution is 6.30. The highest BCUT2D eigenvalue weighted by atomic mass is 35.5. The topological polar surface area (TPSA) is 32.3 Å². The van der Waals surface area contributed by atoms with E-state index in [4.69, 9.17) is 11.6 Å². The first kappa shape index (κ1) is 13.8. The maximum absolute atomic E-state index is 13.7. The van der Waals surface area contributed by atoms with Gasteiger partial charge in [-0.25, -0.2) is 4.39 Å². The van der Waals surface area contributed by atoms with Crippen LogP contribution in [-0.4, -0.2) is 5.11 Å². The zero-order valence-electron chi connectivity index (χ0n) is 10.5. The zero-order valence-corrected chi connectivity index (χ0v) is 11.3. The van der Waals surface area contributed by atoms with Gasteiger partial charge in [0.2, 0.25) is 0 Å². The SMILES string of the molecule is CC(NCc1cccc(Cl)c1F)c1cccc(O)c1. The fourth-order valence-corrected chi connectivity index (χ4v) is 2.05. The standard InChI is InChI=1S/C15H15ClFNO/c1-10(11-4-2-6-13(19)8-11)18-9-12-5-3-7-14(16)15(12)17/h2-8,10,18-19H,9H2,1H3. The third kappa shape index (κ3) is 3.46. The van der Waals surface area contributed by atoms with Gasteiger partial charge in [-0.1, -0.05) is 35.9 Å². The molecule has 4 heteroatoms. The third-order valence-corrected chi connectivity index (χ3v) is 3.29. The molecule has 2 nitrogen and oxygen atoms in total. The Kier molecular flexibility index (Phi) is 4.40. The molecule has 1 unspecified atom stereocenters. The summed E-state index contributed by atoms with van der Waals surface area (Å²) in [4.78, 5) is 0. The van der Waals surface area contributed by atoms with E-state index in [1.54, 1.807) is 30.3 Å². The average Bonchev–Trinajstić information content (AvgIpc) is 2.40. The maximum atomic E-state index is 13.7. The molecule has 0 radical (unpaired) electrons. The summed E-state index contributed by atoms with van der Waals surface area (Å²) in [6.45, 7) is 2.33. The van der Waals surface area contributed by atoms with Gasteiger partial charge in [-0.15, -0.1) is 0 Å². The first-order chi connectivity index (χ1) is 9.08. The van der Waals surface area contributed by atoms with Gasteiger partial charge in [0.15, 0.2) is 0 Å². The molecule has 2 rings (SSSR count). The van der Waals surface area contributed by atoms with Crippen molar-refractivity contribution in [3.8, 4) is 5.75 Å². The molecule has 100 valence electrons. The van der Waals surface area contributed by atoms with Gasteiger partial charge in [-0.2, -0.15) is 0 Å². The smallest absolute Gasteiger partial charge is 0.146 e. The van der Waals surface area contributed by atoms with Gasteiger partial charge in [-0.3, -0.25) is 0 Å². The Hall–Kier alpha value is -1.58. The van der Waals surface area contributed by atoms with Gasteiger partial charge in [-0.05, 0) is 30.7 Å². The Morgan fingerprint density at radius 1 is 1.26 bits per heavy atom. The molecule has 0 aliphatic rings. The molecule has 0 saturated carbocycles. The number of phenolic OH excluding ortho intramolecular Hbond substituents is 1. The number of phenols is 1. The second-order valence-electron chi connectivity index (χ2n) is 4.41. The number of nitrogens with one attached hydrogen (secondary N) is 1. The monoisotopic (exact) mass is 279 g/mol. The predicted molar refractivity (Wildman–Crippen MR) is 74.8 cm³/mol. The summed E-state index contributed by atoms with van der Waals surface area (Å²) in [6, 6.07) is 11.9. The minimum absolute atomic E-state index is 0.00508. The number of hydrogen-bond donors (Lipinski definition) is 2. The largest absolute Gasteiger partial charge is 0.508 e. The molecule has 19 heavy (non-hydrogen) atoms. The Balaban J connectivity index is 2.04. The second kappa shape index (κ2) is 6.04. The molecule has 0 bridgehead atoms. The molecule has 0 saturated heterocycles. The van der Waals surface area contributed by atoms with Crippen molar-refractivity contribution >= 4 is 11.6 Å². The Morgan fingerprint density at radius 3 is 2.74 bits per heavy atom. The van der Waals surface area contributed by atoms with Crippen LogP contribution in [0.4, 0.5) is 4.39 Å². The Labute approximate surface area is 116 Å². The number of hydrogen-bond acceptors (Lipinski definition) is 2. The molecule has 1 atom stereocenters. The van der Waals surface area contributed by atoms with Gasteiger partial charge in [0.1, 0.15) is 11.6 Å². The van der Waals surface area contributed by atoms with Crippen molar-refractivity contribution in [1.82, 2.24) is 5.32 Å². The van der Waals surface area contributed by atoms with Crippen LogP contribution in [0.2, 0.25) is 5.02 Å². The number of aromatic hydroxyl groups is 1. The van der Waals surface area contributed by atoms with Crippen molar-refractivity contribution in [2.45, 2.75) is 19.5 Å². The van der Waals surface area contributed by atoms with Crippen LogP contribution in [0.25, 0.3) is 0 Å². The van der Waals surface area contributed by atoms with Crippen LogP contribution in [0.15, 0.2) is 42.5 Å². The summed E-state index contributed by atoms with van der Waals surface area (Å²) in [5.74, 6) is -0.167. The molecule has 2 aromatic rings. The van der Waals surface area contributed by atoms with E-state index in [1.807, 2.05) is 13.0 Å². The lowest BCUT2D eigenvalue weighted by Crippen LogP contribution is -2.18. The van der Waals surface area contributed by atoms with Crippen LogP contribution in [0, 0.1) is 5.82 Å². The average molecular weight is 280 g/mol. The normalized spacial score (nSPS) is 12.4. The first-order valence-corrected chi connectivity index (χ1v) is 6.41. The van der Waals surface area contributed by atoms with Crippen molar-refractivity contribution < 1.29 is 9.50 Å². The molecule has 2 aromatic carbocycles. The molecule has 0 amide bonds. The highest BCUT2D eigenvalue weighted by Gasteiger charge is 2.09. The van der Waals surface area contributed by atoms with Crippen molar-refractivity contribution in [3.63, 3.8) is 0 Å². The maximum Gasteiger partial charge on any atom is 0.146 e. The first-order valence-electron chi connectivity index (χ1n) is 6.03. The van der Waals surface area contributed by atoms with E-state index >= 15 is 0 Å². The minimum Gasteiger partial charge on any atom is -0.508 e. The van der Waals surface area contributed by atoms with Crippen LogP contribution in [-0.2, 0) is 6.54 Å². The lowest BCUT2D eigenvalue weighted by molar-refractivity contribution is 0.471. The van der Waals surface area contributed by atoms with Gasteiger partial charge in [0.25, 0.3) is 0 Å². The van der Waals surface area contributed by atoms with Gasteiger partial charge in [0.05, 0.1) is 5.02 Å². The minimum atomic E-state index is -0.389. The lowest BCUT2D eigenvalue weighted by atomic mass is 10.1. The van der Waals surface area contributed by atoms with Crippen LogP contribution < -0.4 is 5.32 Å². The van der Waals surface area contributed by atoms with Crippen molar-refractivity contribution in [3.05, 3.63) is 64.4 Å². The van der Waals surface area contributed by atoms with Crippen molar-refractivity contribution in [2.24, 2.45) is 0 Å². The highest BCUT2D eigenvalue weighted by Crippen LogP contribution is 2.20. The molecular weight excluding hydrogens is 265 g/mol. The summed E-state index contributed by atoms with van der Waals surface area (Å²) in [7, 11) is 0. The van der Waals surface area contributed by atoms with Crippen molar-refractivity contribution in [1.29, 1.82) is 0 Å². The van der Waals surface area contributed by atoms with E-state index in [1.165, 1.54) is 6.07 Å². The Morgan fingerprint density at radius 2 is 2.00 bits per heavy atom. The molecule has 0 aromatic heterocycles. The molecular formula is C15H15ClFNO. The summed E-state index contributed by atoms with van der Waals surface area (Å²) in [5.41, 5.74) is 1.47. The van der Waals surface area contributed by atoms with E-state index in [0.29, 0.717) is 12.1 Å². The van der Waals surface area contributed by atoms with Crippen LogP contribution in [0.1, 0.15) is 24.1 Å².